The molecule has 3 heterocycles. The quantitative estimate of drug-likeness (QED) is 0.145. The van der Waals surface area contributed by atoms with E-state index in [-0.39, 0.29) is 63.3 Å². The number of amides is 2. The number of nitrogens with two attached hydrogens (primary N) is 3. The Morgan fingerprint density at radius 2 is 1.88 bits per heavy atom. The van der Waals surface area contributed by atoms with Crippen LogP contribution in [0.2, 0.25) is 0 Å². The predicted octanol–water partition coefficient (Wildman–Crippen LogP) is 0.496. The predicted molar refractivity (Wildman–Crippen MR) is 163 cm³/mol. The van der Waals surface area contributed by atoms with E-state index in [1.54, 1.807) is 23.1 Å². The Labute approximate surface area is 254 Å². The van der Waals surface area contributed by atoms with E-state index >= 15 is 0 Å². The van der Waals surface area contributed by atoms with E-state index in [4.69, 9.17) is 28.8 Å². The summed E-state index contributed by atoms with van der Waals surface area (Å²) >= 11 is 5.83. The largest absolute Gasteiger partial charge is 0.397 e. The van der Waals surface area contributed by atoms with Gasteiger partial charge in [-0.05, 0) is 37.8 Å². The van der Waals surface area contributed by atoms with Crippen LogP contribution in [0.15, 0.2) is 74.8 Å². The van der Waals surface area contributed by atoms with Crippen molar-refractivity contribution in [3.8, 4) is 0 Å². The smallest absolute Gasteiger partial charge is 0.278 e. The van der Waals surface area contributed by atoms with Gasteiger partial charge < -0.3 is 27.4 Å². The summed E-state index contributed by atoms with van der Waals surface area (Å²) in [6, 6.07) is 1.45. The minimum atomic E-state index is -3.77. The van der Waals surface area contributed by atoms with Gasteiger partial charge in [0.05, 0.1) is 22.7 Å². The van der Waals surface area contributed by atoms with Gasteiger partial charge in [0.25, 0.3) is 15.9 Å². The maximum atomic E-state index is 12.9. The first-order chi connectivity index (χ1) is 20.3. The molecule has 0 radical (unpaired) electrons. The molecule has 3 aliphatic rings. The van der Waals surface area contributed by atoms with E-state index in [9.17, 15) is 22.8 Å². The summed E-state index contributed by atoms with van der Waals surface area (Å²) in [5, 5.41) is 5.51. The van der Waals surface area contributed by atoms with Gasteiger partial charge in [-0.3, -0.25) is 24.7 Å². The van der Waals surface area contributed by atoms with Crippen LogP contribution in [0.1, 0.15) is 48.9 Å². The number of carbonyl (C=O) groups excluding carboxylic acids is 3. The molecule has 14 nitrogen and oxygen atoms in total. The zero-order valence-electron chi connectivity index (χ0n) is 23.4. The van der Waals surface area contributed by atoms with Gasteiger partial charge in [-0.15, -0.1) is 0 Å². The summed E-state index contributed by atoms with van der Waals surface area (Å²) in [5.74, 6) is -1.27. The molecule has 1 fully saturated rings. The second-order valence-corrected chi connectivity index (χ2v) is 12.6. The van der Waals surface area contributed by atoms with Crippen LogP contribution >= 0.6 is 11.6 Å². The Balaban J connectivity index is 1.26. The highest BCUT2D eigenvalue weighted by Crippen LogP contribution is 2.26. The topological polar surface area (TPSA) is 220 Å². The van der Waals surface area contributed by atoms with Crippen LogP contribution < -0.4 is 27.8 Å². The number of likely N-dealkylation sites (tertiary alicyclic amines) is 1. The number of rotatable bonds is 9. The molecule has 1 aromatic heterocycles. The maximum Gasteiger partial charge on any atom is 0.278 e. The summed E-state index contributed by atoms with van der Waals surface area (Å²) in [7, 11) is -3.77. The molecule has 4 rings (SSSR count). The number of aromatic nitrogens is 1. The minimum absolute atomic E-state index is 0.00169. The van der Waals surface area contributed by atoms with E-state index in [1.165, 1.54) is 18.5 Å². The Hall–Kier alpha value is -4.37. The lowest BCUT2D eigenvalue weighted by molar-refractivity contribution is -0.132. The van der Waals surface area contributed by atoms with Gasteiger partial charge in [0, 0.05) is 43.9 Å². The third kappa shape index (κ3) is 7.35. The number of hydrogen-bond acceptors (Lipinski definition) is 11. The summed E-state index contributed by atoms with van der Waals surface area (Å²) in [5.41, 5.74) is 15.8. The summed E-state index contributed by atoms with van der Waals surface area (Å²) in [6.45, 7) is 4.75. The monoisotopic (exact) mass is 631 g/mol. The van der Waals surface area contributed by atoms with Crippen molar-refractivity contribution in [2.45, 2.75) is 44.1 Å². The molecular weight excluding hydrogens is 598 g/mol. The molecule has 0 bridgehead atoms. The molecule has 2 aliphatic heterocycles. The number of halogens is 1. The number of carbonyl (C=O) groups is 3. The van der Waals surface area contributed by atoms with Crippen LogP contribution in [0, 0.1) is 0 Å². The lowest BCUT2D eigenvalue weighted by Crippen LogP contribution is -2.57. The lowest BCUT2D eigenvalue weighted by Gasteiger charge is -2.39. The number of Topliss-reactive ketones (excluding diaryl/α,β-unsaturated/α-hetero) is 1. The summed E-state index contributed by atoms with van der Waals surface area (Å²) < 4.78 is 26.6. The van der Waals surface area contributed by atoms with Gasteiger partial charge in [-0.2, -0.15) is 0 Å². The minimum Gasteiger partial charge on any atom is -0.397 e. The van der Waals surface area contributed by atoms with E-state index < -0.39 is 21.5 Å². The number of hydrogen-bond donors (Lipinski definition) is 5. The standard InChI is InChI=1S/C27H34ClN9O5S/c1-17(29)22(33-23(28)24(30)31)25(40)34-26-32-16-27(35-26)10-13-36(14-11-27)21(39)8-7-20(38)18-9-12-37(15-18)43(41,42)19-5-3-2-4-6-19/h3,5-6,9,12,15H,1-2,4,7-8,10-11,13-14,16,29-31H2,(H2,32,34,35,40). The molecule has 230 valence electrons. The van der Waals surface area contributed by atoms with Crippen molar-refractivity contribution in [2.75, 3.05) is 19.6 Å². The van der Waals surface area contributed by atoms with Crippen LogP contribution in [-0.2, 0) is 19.6 Å². The molecule has 16 heteroatoms. The number of piperidine rings is 1. The molecule has 2 amide bonds. The Morgan fingerprint density at radius 1 is 1.16 bits per heavy atom. The van der Waals surface area contributed by atoms with Crippen LogP contribution in [0.3, 0.4) is 0 Å². The Kier molecular flexibility index (Phi) is 9.45. The molecule has 1 saturated heterocycles. The molecule has 0 atom stereocenters. The fourth-order valence-electron chi connectivity index (χ4n) is 4.81. The van der Waals surface area contributed by atoms with Gasteiger partial charge >= 0.3 is 0 Å². The highest BCUT2D eigenvalue weighted by atomic mass is 35.5. The number of ketones is 1. The number of guanidine groups is 1. The third-order valence-corrected chi connectivity index (χ3v) is 9.27. The third-order valence-electron chi connectivity index (χ3n) is 7.29. The SMILES string of the molecule is C=C(N)C(=NC(Cl)=C(N)N)C(=O)NC1=NCC2(CCN(C(=O)CCC(=O)c3ccn(S(=O)(=O)C4=CCCC=C4)c3)CC2)N1. The van der Waals surface area contributed by atoms with Gasteiger partial charge in [-0.1, -0.05) is 30.3 Å². The lowest BCUT2D eigenvalue weighted by atomic mass is 9.88. The van der Waals surface area contributed by atoms with E-state index in [0.29, 0.717) is 38.9 Å². The van der Waals surface area contributed by atoms with Crippen molar-refractivity contribution < 1.29 is 22.8 Å². The normalized spacial score (nSPS) is 18.0. The van der Waals surface area contributed by atoms with Crippen LogP contribution in [0.25, 0.3) is 0 Å². The van der Waals surface area contributed by atoms with E-state index in [2.05, 4.69) is 27.2 Å². The van der Waals surface area contributed by atoms with Gasteiger partial charge in [0.1, 0.15) is 5.82 Å². The fraction of sp³-hybridized carbons (Fsp3) is 0.370. The van der Waals surface area contributed by atoms with Crippen molar-refractivity contribution in [1.29, 1.82) is 0 Å². The van der Waals surface area contributed by atoms with E-state index in [0.717, 1.165) is 10.4 Å². The zero-order chi connectivity index (χ0) is 31.4. The van der Waals surface area contributed by atoms with Crippen molar-refractivity contribution in [3.63, 3.8) is 0 Å². The van der Waals surface area contributed by atoms with Gasteiger partial charge in [0.2, 0.25) is 5.91 Å². The first kappa shape index (κ1) is 31.6. The molecule has 0 aromatic carbocycles. The number of nitrogens with one attached hydrogen (secondary N) is 2. The van der Waals surface area contributed by atoms with Gasteiger partial charge in [0.15, 0.2) is 22.6 Å². The van der Waals surface area contributed by atoms with Crippen molar-refractivity contribution >= 4 is 50.9 Å². The van der Waals surface area contributed by atoms with Crippen LogP contribution in [-0.4, -0.2) is 71.7 Å². The Morgan fingerprint density at radius 3 is 2.51 bits per heavy atom. The second-order valence-electron chi connectivity index (χ2n) is 10.4. The molecule has 8 N–H and O–H groups in total. The first-order valence-electron chi connectivity index (χ1n) is 13.5. The zero-order valence-corrected chi connectivity index (χ0v) is 25.0. The van der Waals surface area contributed by atoms with Crippen molar-refractivity contribution in [1.82, 2.24) is 19.5 Å². The highest BCUT2D eigenvalue weighted by molar-refractivity contribution is 7.94. The summed E-state index contributed by atoms with van der Waals surface area (Å²) in [4.78, 5) is 48.4. The Bertz CT molecular complexity index is 1590. The van der Waals surface area contributed by atoms with Crippen LogP contribution in [0.5, 0.6) is 0 Å². The van der Waals surface area contributed by atoms with Crippen molar-refractivity contribution in [2.24, 2.45) is 27.2 Å². The molecular formula is C27H34ClN9O5S. The fourth-order valence-corrected chi connectivity index (χ4v) is 6.21. The number of aliphatic imine (C=N–C) groups is 2. The van der Waals surface area contributed by atoms with Gasteiger partial charge in [-0.25, -0.2) is 17.4 Å². The highest BCUT2D eigenvalue weighted by Gasteiger charge is 2.40. The average molecular weight is 632 g/mol. The molecule has 1 spiro atoms. The number of nitrogens with zero attached hydrogens (tertiary/aromatic N) is 4. The van der Waals surface area contributed by atoms with E-state index in [1.807, 2.05) is 0 Å². The molecule has 1 aromatic rings. The first-order valence-corrected chi connectivity index (χ1v) is 15.3. The second kappa shape index (κ2) is 12.9. The molecule has 0 saturated carbocycles. The van der Waals surface area contributed by atoms with Crippen LogP contribution in [0.4, 0.5) is 0 Å². The summed E-state index contributed by atoms with van der Waals surface area (Å²) in [6.07, 6.45) is 10.1. The molecule has 0 unspecified atom stereocenters. The molecule has 43 heavy (non-hydrogen) atoms. The average Bonchev–Trinajstić information content (AvgIpc) is 3.63. The number of allylic oxidation sites excluding steroid dienone is 3. The maximum absolute atomic E-state index is 12.9. The van der Waals surface area contributed by atoms with Crippen molar-refractivity contribution in [3.05, 3.63) is 70.4 Å². The molecule has 1 aliphatic carbocycles.